The number of carboxylic acids is 2. The number of aliphatic carboxylic acids is 2. The molecule has 2 aromatic rings. The number of aromatic amines is 2. The van der Waals surface area contributed by atoms with E-state index in [9.17, 15) is 0 Å². The number of hydrogen-bond acceptors (Lipinski definition) is 10. The minimum Gasteiger partial charge on any atom is -0.473 e. The van der Waals surface area contributed by atoms with Gasteiger partial charge in [0.15, 0.2) is 0 Å². The fraction of sp³-hybridized carbons (Fsp3) is 0.600. The van der Waals surface area contributed by atoms with Gasteiger partial charge in [-0.25, -0.2) is 19.6 Å². The molecular formula is C20H36N10O4. The monoisotopic (exact) mass is 480 g/mol. The second-order valence-electron chi connectivity index (χ2n) is 7.80. The largest absolute Gasteiger partial charge is 0.473 e. The molecule has 2 aliphatic heterocycles. The summed E-state index contributed by atoms with van der Waals surface area (Å²) in [6, 6.07) is 0. The summed E-state index contributed by atoms with van der Waals surface area (Å²) in [5.74, 6) is -1.71. The summed E-state index contributed by atoms with van der Waals surface area (Å²) in [4.78, 5) is 37.3. The Morgan fingerprint density at radius 1 is 0.794 bits per heavy atom. The summed E-state index contributed by atoms with van der Waals surface area (Å²) in [6.45, 7) is 8.25. The second kappa shape index (κ2) is 15.1. The van der Waals surface area contributed by atoms with Crippen molar-refractivity contribution in [2.24, 2.45) is 11.5 Å². The van der Waals surface area contributed by atoms with E-state index in [4.69, 9.17) is 31.3 Å². The molecule has 14 nitrogen and oxygen atoms in total. The van der Waals surface area contributed by atoms with Gasteiger partial charge in [0.25, 0.3) is 0 Å². The average molecular weight is 481 g/mol. The Bertz CT molecular complexity index is 737. The molecule has 34 heavy (non-hydrogen) atoms. The van der Waals surface area contributed by atoms with Crippen molar-refractivity contribution in [1.29, 1.82) is 0 Å². The SMILES string of the molecule is NC(Cc1ncc[nH]1)N1CCNCC1.NC(Cc1ncc[nH]1)N1CCNCC1.O=C(O)C(=O)O. The van der Waals surface area contributed by atoms with Crippen LogP contribution in [-0.4, -0.2) is 117 Å². The maximum atomic E-state index is 9.10. The molecule has 4 heterocycles. The van der Waals surface area contributed by atoms with E-state index in [1.807, 2.05) is 12.4 Å². The highest BCUT2D eigenvalue weighted by molar-refractivity contribution is 6.27. The van der Waals surface area contributed by atoms with Gasteiger partial charge in [-0.15, -0.1) is 0 Å². The molecule has 0 bridgehead atoms. The number of H-pyrrole nitrogens is 2. The molecule has 2 atom stereocenters. The number of nitrogens with zero attached hydrogens (tertiary/aromatic N) is 4. The van der Waals surface area contributed by atoms with Crippen LogP contribution >= 0.6 is 0 Å². The summed E-state index contributed by atoms with van der Waals surface area (Å²) in [6.07, 6.45) is 8.96. The van der Waals surface area contributed by atoms with E-state index in [0.717, 1.165) is 76.8 Å². The quantitative estimate of drug-likeness (QED) is 0.200. The van der Waals surface area contributed by atoms with E-state index in [-0.39, 0.29) is 12.3 Å². The number of carbonyl (C=O) groups is 2. The van der Waals surface area contributed by atoms with Crippen molar-refractivity contribution in [3.05, 3.63) is 36.4 Å². The molecular weight excluding hydrogens is 444 g/mol. The first-order chi connectivity index (χ1) is 16.4. The molecule has 2 aromatic heterocycles. The molecule has 190 valence electrons. The Hall–Kier alpha value is -2.88. The van der Waals surface area contributed by atoms with E-state index in [1.165, 1.54) is 0 Å². The van der Waals surface area contributed by atoms with Gasteiger partial charge in [-0.05, 0) is 0 Å². The minimum absolute atomic E-state index is 0.0863. The molecule has 10 N–H and O–H groups in total. The van der Waals surface area contributed by atoms with Crippen LogP contribution in [0.2, 0.25) is 0 Å². The molecule has 4 rings (SSSR count). The fourth-order valence-corrected chi connectivity index (χ4v) is 3.50. The number of imidazole rings is 2. The van der Waals surface area contributed by atoms with Crippen molar-refractivity contribution in [2.45, 2.75) is 25.2 Å². The van der Waals surface area contributed by atoms with E-state index < -0.39 is 11.9 Å². The Morgan fingerprint density at radius 2 is 1.15 bits per heavy atom. The van der Waals surface area contributed by atoms with Gasteiger partial charge in [-0.2, -0.15) is 0 Å². The van der Waals surface area contributed by atoms with Gasteiger partial charge in [0.05, 0.1) is 12.3 Å². The highest BCUT2D eigenvalue weighted by Crippen LogP contribution is 2.02. The van der Waals surface area contributed by atoms with Gasteiger partial charge < -0.3 is 42.3 Å². The Kier molecular flexibility index (Phi) is 12.2. The van der Waals surface area contributed by atoms with Crippen molar-refractivity contribution in [1.82, 2.24) is 40.4 Å². The zero-order valence-corrected chi connectivity index (χ0v) is 19.2. The highest BCUT2D eigenvalue weighted by Gasteiger charge is 2.18. The molecule has 0 aliphatic carbocycles. The van der Waals surface area contributed by atoms with Crippen LogP contribution in [-0.2, 0) is 22.4 Å². The zero-order valence-electron chi connectivity index (χ0n) is 19.2. The molecule has 0 radical (unpaired) electrons. The van der Waals surface area contributed by atoms with Crippen LogP contribution in [0.25, 0.3) is 0 Å². The van der Waals surface area contributed by atoms with Crippen molar-refractivity contribution < 1.29 is 19.8 Å². The molecule has 2 unspecified atom stereocenters. The zero-order chi connectivity index (χ0) is 24.8. The van der Waals surface area contributed by atoms with Crippen LogP contribution in [0.3, 0.4) is 0 Å². The Balaban J connectivity index is 0.000000196. The van der Waals surface area contributed by atoms with Crippen LogP contribution in [0, 0.1) is 0 Å². The number of carboxylic acid groups (broad SMARTS) is 2. The first-order valence-corrected chi connectivity index (χ1v) is 11.2. The van der Waals surface area contributed by atoms with Crippen molar-refractivity contribution in [2.75, 3.05) is 52.4 Å². The van der Waals surface area contributed by atoms with E-state index >= 15 is 0 Å². The fourth-order valence-electron chi connectivity index (χ4n) is 3.50. The average Bonchev–Trinajstić information content (AvgIpc) is 3.55. The van der Waals surface area contributed by atoms with E-state index in [1.54, 1.807) is 12.4 Å². The van der Waals surface area contributed by atoms with Gasteiger partial charge in [0, 0.05) is 90.0 Å². The lowest BCUT2D eigenvalue weighted by Gasteiger charge is -2.32. The Labute approximate surface area is 198 Å². The third-order valence-corrected chi connectivity index (χ3v) is 5.34. The standard InChI is InChI=1S/2C9H17N5.C2H2O4/c2*10-8(7-9-12-1-2-13-9)14-5-3-11-4-6-14;3-1(4)2(5)6/h2*1-2,8,11H,3-7,10H2,(H,12,13);(H,3,4)(H,5,6). The summed E-state index contributed by atoms with van der Waals surface area (Å²) in [5.41, 5.74) is 12.2. The first-order valence-electron chi connectivity index (χ1n) is 11.2. The van der Waals surface area contributed by atoms with Gasteiger partial charge in [-0.3, -0.25) is 9.80 Å². The lowest BCUT2D eigenvalue weighted by molar-refractivity contribution is -0.159. The Morgan fingerprint density at radius 3 is 1.41 bits per heavy atom. The molecule has 0 amide bonds. The maximum absolute atomic E-state index is 9.10. The predicted octanol–water partition coefficient (Wildman–Crippen LogP) is -2.56. The van der Waals surface area contributed by atoms with Crippen molar-refractivity contribution >= 4 is 11.9 Å². The van der Waals surface area contributed by atoms with E-state index in [2.05, 4.69) is 40.4 Å². The predicted molar refractivity (Wildman–Crippen MR) is 125 cm³/mol. The number of nitrogens with two attached hydrogens (primary N) is 2. The van der Waals surface area contributed by atoms with Crippen LogP contribution in [0.1, 0.15) is 11.6 Å². The molecule has 2 fully saturated rings. The van der Waals surface area contributed by atoms with Gasteiger partial charge in [0.2, 0.25) is 0 Å². The summed E-state index contributed by atoms with van der Waals surface area (Å²) in [5, 5.41) is 21.4. The number of rotatable bonds is 6. The van der Waals surface area contributed by atoms with Gasteiger partial charge in [0.1, 0.15) is 11.6 Å². The molecule has 14 heteroatoms. The lowest BCUT2D eigenvalue weighted by Crippen LogP contribution is -2.52. The number of nitrogens with one attached hydrogen (secondary N) is 4. The third-order valence-electron chi connectivity index (χ3n) is 5.34. The third kappa shape index (κ3) is 10.4. The molecule has 2 saturated heterocycles. The number of hydrogen-bond donors (Lipinski definition) is 8. The normalized spacial score (nSPS) is 18.5. The lowest BCUT2D eigenvalue weighted by atomic mass is 10.2. The smallest absolute Gasteiger partial charge is 0.414 e. The molecule has 0 saturated carbocycles. The van der Waals surface area contributed by atoms with Crippen LogP contribution in [0.4, 0.5) is 0 Å². The first kappa shape index (κ1) is 27.4. The summed E-state index contributed by atoms with van der Waals surface area (Å²) in [7, 11) is 0. The minimum atomic E-state index is -1.82. The van der Waals surface area contributed by atoms with E-state index in [0.29, 0.717) is 0 Å². The number of piperazine rings is 2. The van der Waals surface area contributed by atoms with Gasteiger partial charge in [-0.1, -0.05) is 0 Å². The second-order valence-corrected chi connectivity index (χ2v) is 7.80. The maximum Gasteiger partial charge on any atom is 0.414 e. The summed E-state index contributed by atoms with van der Waals surface area (Å²) >= 11 is 0. The topological polar surface area (TPSA) is 215 Å². The highest BCUT2D eigenvalue weighted by atomic mass is 16.4. The molecule has 2 aliphatic rings. The van der Waals surface area contributed by atoms with Crippen LogP contribution in [0.5, 0.6) is 0 Å². The molecule has 0 aromatic carbocycles. The number of aromatic nitrogens is 4. The summed E-state index contributed by atoms with van der Waals surface area (Å²) < 4.78 is 0. The van der Waals surface area contributed by atoms with Crippen LogP contribution in [0.15, 0.2) is 24.8 Å². The van der Waals surface area contributed by atoms with Crippen molar-refractivity contribution in [3.8, 4) is 0 Å². The van der Waals surface area contributed by atoms with Crippen LogP contribution < -0.4 is 22.1 Å². The van der Waals surface area contributed by atoms with Crippen molar-refractivity contribution in [3.63, 3.8) is 0 Å². The van der Waals surface area contributed by atoms with Gasteiger partial charge >= 0.3 is 11.9 Å². The molecule has 0 spiro atoms.